The van der Waals surface area contributed by atoms with Gasteiger partial charge >= 0.3 is 5.97 Å². The van der Waals surface area contributed by atoms with Crippen LogP contribution in [0.25, 0.3) is 0 Å². The number of carbonyl (C=O) groups is 1. The minimum absolute atomic E-state index is 0.00634. The van der Waals surface area contributed by atoms with Crippen LogP contribution in [-0.4, -0.2) is 31.3 Å². The number of carbonyl (C=O) groups excluding carboxylic acids is 1. The molecule has 4 nitrogen and oxygen atoms in total. The first kappa shape index (κ1) is 12.4. The molecule has 0 spiro atoms. The summed E-state index contributed by atoms with van der Waals surface area (Å²) in [4.78, 5) is 10.9. The SMILES string of the molecule is CCC(N)COCC(=O)OC(C)C. The molecule has 13 heavy (non-hydrogen) atoms. The van der Waals surface area contributed by atoms with Crippen LogP contribution in [0.15, 0.2) is 0 Å². The molecule has 0 amide bonds. The predicted octanol–water partition coefficient (Wildman–Crippen LogP) is 0.692. The second-order valence-electron chi connectivity index (χ2n) is 3.22. The smallest absolute Gasteiger partial charge is 0.332 e. The van der Waals surface area contributed by atoms with E-state index in [1.807, 2.05) is 6.92 Å². The minimum Gasteiger partial charge on any atom is -0.461 e. The van der Waals surface area contributed by atoms with Gasteiger partial charge in [0.15, 0.2) is 0 Å². The van der Waals surface area contributed by atoms with E-state index >= 15 is 0 Å². The number of hydrogen-bond acceptors (Lipinski definition) is 4. The first-order chi connectivity index (χ1) is 6.06. The van der Waals surface area contributed by atoms with Gasteiger partial charge in [0, 0.05) is 6.04 Å². The van der Waals surface area contributed by atoms with Crippen molar-refractivity contribution in [1.82, 2.24) is 0 Å². The second kappa shape index (κ2) is 6.86. The van der Waals surface area contributed by atoms with Crippen molar-refractivity contribution < 1.29 is 14.3 Å². The Morgan fingerprint density at radius 1 is 1.46 bits per heavy atom. The first-order valence-electron chi connectivity index (χ1n) is 4.59. The van der Waals surface area contributed by atoms with Crippen LogP contribution in [0.3, 0.4) is 0 Å². The fourth-order valence-electron chi connectivity index (χ4n) is 0.708. The van der Waals surface area contributed by atoms with E-state index in [0.717, 1.165) is 6.42 Å². The average molecular weight is 189 g/mol. The molecule has 0 fully saturated rings. The molecule has 0 aliphatic carbocycles. The maximum absolute atomic E-state index is 10.9. The molecule has 0 aliphatic rings. The van der Waals surface area contributed by atoms with Crippen LogP contribution in [0.4, 0.5) is 0 Å². The van der Waals surface area contributed by atoms with Crippen molar-refractivity contribution in [1.29, 1.82) is 0 Å². The molecule has 1 atom stereocenters. The summed E-state index contributed by atoms with van der Waals surface area (Å²) in [6, 6.07) is 0.00634. The van der Waals surface area contributed by atoms with Crippen molar-refractivity contribution >= 4 is 5.97 Å². The third kappa shape index (κ3) is 7.74. The lowest BCUT2D eigenvalue weighted by Crippen LogP contribution is -2.27. The first-order valence-corrected chi connectivity index (χ1v) is 4.59. The summed E-state index contributed by atoms with van der Waals surface area (Å²) in [5.74, 6) is -0.335. The highest BCUT2D eigenvalue weighted by Gasteiger charge is 2.06. The number of esters is 1. The fourth-order valence-corrected chi connectivity index (χ4v) is 0.708. The van der Waals surface area contributed by atoms with Gasteiger partial charge in [-0.25, -0.2) is 4.79 Å². The summed E-state index contributed by atoms with van der Waals surface area (Å²) in [5.41, 5.74) is 5.58. The molecule has 0 radical (unpaired) electrons. The molecule has 0 saturated carbocycles. The summed E-state index contributed by atoms with van der Waals surface area (Å²) in [6.45, 7) is 5.97. The van der Waals surface area contributed by atoms with E-state index < -0.39 is 0 Å². The van der Waals surface area contributed by atoms with Gasteiger partial charge in [0.2, 0.25) is 0 Å². The molecule has 0 aromatic heterocycles. The molecular formula is C9H19NO3. The fraction of sp³-hybridized carbons (Fsp3) is 0.889. The van der Waals surface area contributed by atoms with E-state index in [-0.39, 0.29) is 24.7 Å². The molecule has 0 heterocycles. The van der Waals surface area contributed by atoms with Gasteiger partial charge < -0.3 is 15.2 Å². The third-order valence-corrected chi connectivity index (χ3v) is 1.44. The Hall–Kier alpha value is -0.610. The highest BCUT2D eigenvalue weighted by molar-refractivity contribution is 5.70. The normalized spacial score (nSPS) is 13.0. The van der Waals surface area contributed by atoms with Gasteiger partial charge in [-0.3, -0.25) is 0 Å². The van der Waals surface area contributed by atoms with Crippen molar-refractivity contribution in [3.63, 3.8) is 0 Å². The molecule has 2 N–H and O–H groups in total. The highest BCUT2D eigenvalue weighted by atomic mass is 16.6. The number of nitrogens with two attached hydrogens (primary N) is 1. The molecule has 0 aliphatic heterocycles. The number of ether oxygens (including phenoxy) is 2. The van der Waals surface area contributed by atoms with Crippen LogP contribution in [0.1, 0.15) is 27.2 Å². The Labute approximate surface area is 79.4 Å². The number of rotatable bonds is 6. The Balaban J connectivity index is 3.37. The van der Waals surface area contributed by atoms with Crippen molar-refractivity contribution in [3.8, 4) is 0 Å². The molecule has 4 heteroatoms. The summed E-state index contributed by atoms with van der Waals surface area (Å²) < 4.78 is 9.91. The Morgan fingerprint density at radius 3 is 2.54 bits per heavy atom. The lowest BCUT2D eigenvalue weighted by molar-refractivity contribution is -0.152. The van der Waals surface area contributed by atoms with Gasteiger partial charge in [-0.05, 0) is 20.3 Å². The van der Waals surface area contributed by atoms with Crippen LogP contribution in [0.5, 0.6) is 0 Å². The highest BCUT2D eigenvalue weighted by Crippen LogP contribution is 1.92. The molecule has 0 bridgehead atoms. The molecule has 0 aromatic carbocycles. The third-order valence-electron chi connectivity index (χ3n) is 1.44. The zero-order valence-electron chi connectivity index (χ0n) is 8.58. The van der Waals surface area contributed by atoms with Crippen molar-refractivity contribution in [2.24, 2.45) is 5.73 Å². The minimum atomic E-state index is -0.335. The zero-order valence-corrected chi connectivity index (χ0v) is 8.58. The zero-order chi connectivity index (χ0) is 10.3. The van der Waals surface area contributed by atoms with E-state index in [0.29, 0.717) is 6.61 Å². The molecule has 1 unspecified atom stereocenters. The topological polar surface area (TPSA) is 61.5 Å². The predicted molar refractivity (Wildman–Crippen MR) is 50.3 cm³/mol. The summed E-state index contributed by atoms with van der Waals surface area (Å²) >= 11 is 0. The van der Waals surface area contributed by atoms with Crippen molar-refractivity contribution in [2.45, 2.75) is 39.3 Å². The lowest BCUT2D eigenvalue weighted by atomic mass is 10.3. The number of hydrogen-bond donors (Lipinski definition) is 1. The maximum Gasteiger partial charge on any atom is 0.332 e. The summed E-state index contributed by atoms with van der Waals surface area (Å²) in [6.07, 6.45) is 0.759. The maximum atomic E-state index is 10.9. The van der Waals surface area contributed by atoms with Gasteiger partial charge in [-0.15, -0.1) is 0 Å². The molecule has 0 aromatic rings. The van der Waals surface area contributed by atoms with Crippen LogP contribution in [0.2, 0.25) is 0 Å². The molecule has 0 rings (SSSR count). The molecule has 0 saturated heterocycles. The van der Waals surface area contributed by atoms with E-state index in [2.05, 4.69) is 0 Å². The average Bonchev–Trinajstić information content (AvgIpc) is 2.02. The van der Waals surface area contributed by atoms with Gasteiger partial charge in [-0.2, -0.15) is 0 Å². The lowest BCUT2D eigenvalue weighted by Gasteiger charge is -2.10. The van der Waals surface area contributed by atoms with Crippen LogP contribution in [-0.2, 0) is 14.3 Å². The standard InChI is InChI=1S/C9H19NO3/c1-4-8(10)5-12-6-9(11)13-7(2)3/h7-8H,4-6,10H2,1-3H3. The van der Waals surface area contributed by atoms with E-state index in [1.165, 1.54) is 0 Å². The van der Waals surface area contributed by atoms with Crippen LogP contribution in [0, 0.1) is 0 Å². The van der Waals surface area contributed by atoms with Gasteiger partial charge in [0.25, 0.3) is 0 Å². The Kier molecular flexibility index (Phi) is 6.54. The van der Waals surface area contributed by atoms with Gasteiger partial charge in [0.1, 0.15) is 6.61 Å². The van der Waals surface area contributed by atoms with Crippen LogP contribution < -0.4 is 5.73 Å². The van der Waals surface area contributed by atoms with Crippen LogP contribution >= 0.6 is 0 Å². The summed E-state index contributed by atoms with van der Waals surface area (Å²) in [7, 11) is 0. The largest absolute Gasteiger partial charge is 0.461 e. The summed E-state index contributed by atoms with van der Waals surface area (Å²) in [5, 5.41) is 0. The second-order valence-corrected chi connectivity index (χ2v) is 3.22. The van der Waals surface area contributed by atoms with Crippen molar-refractivity contribution in [3.05, 3.63) is 0 Å². The van der Waals surface area contributed by atoms with E-state index in [9.17, 15) is 4.79 Å². The molecular weight excluding hydrogens is 170 g/mol. The van der Waals surface area contributed by atoms with Crippen molar-refractivity contribution in [2.75, 3.05) is 13.2 Å². The van der Waals surface area contributed by atoms with Gasteiger partial charge in [0.05, 0.1) is 12.7 Å². The van der Waals surface area contributed by atoms with E-state index in [4.69, 9.17) is 15.2 Å². The monoisotopic (exact) mass is 189 g/mol. The van der Waals surface area contributed by atoms with Gasteiger partial charge in [-0.1, -0.05) is 6.92 Å². The quantitative estimate of drug-likeness (QED) is 0.624. The Bertz CT molecular complexity index is 148. The Morgan fingerprint density at radius 2 is 2.08 bits per heavy atom. The van der Waals surface area contributed by atoms with E-state index in [1.54, 1.807) is 13.8 Å². The molecule has 78 valence electrons.